The average molecular weight is 240 g/mol. The summed E-state index contributed by atoms with van der Waals surface area (Å²) in [5, 5.41) is 0. The van der Waals surface area contributed by atoms with Gasteiger partial charge in [-0.05, 0) is 63.2 Å². The van der Waals surface area contributed by atoms with E-state index in [-0.39, 0.29) is 12.0 Å². The Morgan fingerprint density at radius 2 is 1.71 bits per heavy atom. The van der Waals surface area contributed by atoms with Crippen molar-refractivity contribution in [1.82, 2.24) is 0 Å². The molecule has 0 amide bonds. The van der Waals surface area contributed by atoms with E-state index in [1.54, 1.807) is 6.92 Å². The summed E-state index contributed by atoms with van der Waals surface area (Å²) in [6, 6.07) is 0. The van der Waals surface area contributed by atoms with E-state index in [0.717, 1.165) is 19.3 Å². The van der Waals surface area contributed by atoms with Gasteiger partial charge in [-0.25, -0.2) is 9.18 Å². The van der Waals surface area contributed by atoms with Crippen LogP contribution in [-0.2, 0) is 9.53 Å². The monoisotopic (exact) mass is 240 g/mol. The number of esters is 1. The molecule has 1 atom stereocenters. The van der Waals surface area contributed by atoms with Crippen molar-refractivity contribution in [3.63, 3.8) is 0 Å². The van der Waals surface area contributed by atoms with E-state index in [1.165, 1.54) is 19.3 Å². The van der Waals surface area contributed by atoms with E-state index in [0.29, 0.717) is 17.8 Å². The minimum Gasteiger partial charge on any atom is -0.464 e. The Kier molecular flexibility index (Phi) is 2.68. The SMILES string of the molecule is CCOC(=O)C(F)C12CC3CC(CC(C3)C1)C2. The van der Waals surface area contributed by atoms with Crippen molar-refractivity contribution < 1.29 is 13.9 Å². The number of carbonyl (C=O) groups excluding carboxylic acids is 1. The Balaban J connectivity index is 1.79. The van der Waals surface area contributed by atoms with Gasteiger partial charge in [0, 0.05) is 5.41 Å². The molecular weight excluding hydrogens is 219 g/mol. The molecule has 3 heteroatoms. The molecule has 0 radical (unpaired) electrons. The molecule has 4 bridgehead atoms. The fourth-order valence-corrected chi connectivity index (χ4v) is 4.95. The number of rotatable bonds is 3. The van der Waals surface area contributed by atoms with Crippen molar-refractivity contribution in [1.29, 1.82) is 0 Å². The summed E-state index contributed by atoms with van der Waals surface area (Å²) in [6.07, 6.45) is 5.19. The van der Waals surface area contributed by atoms with E-state index < -0.39 is 12.1 Å². The Bertz CT molecular complexity index is 291. The molecule has 4 aliphatic rings. The predicted octanol–water partition coefficient (Wildman–Crippen LogP) is 3.10. The minimum atomic E-state index is -1.38. The van der Waals surface area contributed by atoms with Gasteiger partial charge in [0.2, 0.25) is 6.17 Å². The van der Waals surface area contributed by atoms with Gasteiger partial charge in [0.25, 0.3) is 0 Å². The van der Waals surface area contributed by atoms with Crippen LogP contribution >= 0.6 is 0 Å². The highest BCUT2D eigenvalue weighted by Crippen LogP contribution is 2.61. The molecular formula is C14H21FO2. The molecule has 17 heavy (non-hydrogen) atoms. The molecule has 2 nitrogen and oxygen atoms in total. The van der Waals surface area contributed by atoms with Crippen LogP contribution < -0.4 is 0 Å². The Morgan fingerprint density at radius 3 is 2.12 bits per heavy atom. The maximum atomic E-state index is 14.5. The first-order valence-electron chi connectivity index (χ1n) is 6.93. The topological polar surface area (TPSA) is 26.3 Å². The number of hydrogen-bond acceptors (Lipinski definition) is 2. The average Bonchev–Trinajstić information content (AvgIpc) is 2.26. The Labute approximate surface area is 102 Å². The van der Waals surface area contributed by atoms with Gasteiger partial charge in [-0.1, -0.05) is 0 Å². The molecule has 0 saturated heterocycles. The van der Waals surface area contributed by atoms with Crippen molar-refractivity contribution >= 4 is 5.97 Å². The lowest BCUT2D eigenvalue weighted by Gasteiger charge is -2.57. The Morgan fingerprint density at radius 1 is 1.24 bits per heavy atom. The second-order valence-electron chi connectivity index (χ2n) is 6.39. The van der Waals surface area contributed by atoms with Gasteiger partial charge < -0.3 is 4.74 Å². The van der Waals surface area contributed by atoms with E-state index in [4.69, 9.17) is 4.74 Å². The van der Waals surface area contributed by atoms with Gasteiger partial charge >= 0.3 is 5.97 Å². The number of alkyl halides is 1. The van der Waals surface area contributed by atoms with Crippen LogP contribution in [0.4, 0.5) is 4.39 Å². The third kappa shape index (κ3) is 1.78. The molecule has 0 aromatic heterocycles. The molecule has 0 heterocycles. The van der Waals surface area contributed by atoms with Gasteiger partial charge in [-0.3, -0.25) is 0 Å². The number of carbonyl (C=O) groups is 1. The zero-order valence-electron chi connectivity index (χ0n) is 10.5. The van der Waals surface area contributed by atoms with Crippen LogP contribution in [0.15, 0.2) is 0 Å². The van der Waals surface area contributed by atoms with Crippen LogP contribution in [0.3, 0.4) is 0 Å². The maximum absolute atomic E-state index is 14.5. The van der Waals surface area contributed by atoms with E-state index in [9.17, 15) is 9.18 Å². The Hall–Kier alpha value is -0.600. The minimum absolute atomic E-state index is 0.283. The zero-order valence-corrected chi connectivity index (χ0v) is 10.5. The number of ether oxygens (including phenoxy) is 1. The highest BCUT2D eigenvalue weighted by Gasteiger charge is 2.56. The van der Waals surface area contributed by atoms with Crippen LogP contribution in [0.25, 0.3) is 0 Å². The number of halogens is 1. The summed E-state index contributed by atoms with van der Waals surface area (Å²) in [5.41, 5.74) is -0.360. The van der Waals surface area contributed by atoms with Crippen molar-refractivity contribution in [3.05, 3.63) is 0 Å². The standard InChI is InChI=1S/C14H21FO2/c1-2-17-13(16)12(15)14-6-9-3-10(7-14)5-11(4-9)8-14/h9-12H,2-8H2,1H3. The predicted molar refractivity (Wildman–Crippen MR) is 62.1 cm³/mol. The molecule has 4 rings (SSSR count). The smallest absolute Gasteiger partial charge is 0.341 e. The lowest BCUT2D eigenvalue weighted by molar-refractivity contribution is -0.166. The van der Waals surface area contributed by atoms with Gasteiger partial charge in [-0.15, -0.1) is 0 Å². The fraction of sp³-hybridized carbons (Fsp3) is 0.929. The quantitative estimate of drug-likeness (QED) is 0.708. The van der Waals surface area contributed by atoms with Crippen LogP contribution in [0.2, 0.25) is 0 Å². The van der Waals surface area contributed by atoms with Gasteiger partial charge in [0.15, 0.2) is 0 Å². The first-order valence-corrected chi connectivity index (χ1v) is 6.93. The molecule has 0 aromatic rings. The number of hydrogen-bond donors (Lipinski definition) is 0. The van der Waals surface area contributed by atoms with Crippen molar-refractivity contribution in [3.8, 4) is 0 Å². The first-order chi connectivity index (χ1) is 8.13. The molecule has 96 valence electrons. The summed E-state index contributed by atoms with van der Waals surface area (Å²) in [5.74, 6) is 1.41. The van der Waals surface area contributed by atoms with E-state index in [1.807, 2.05) is 0 Å². The lowest BCUT2D eigenvalue weighted by atomic mass is 9.48. The van der Waals surface area contributed by atoms with E-state index >= 15 is 0 Å². The normalized spacial score (nSPS) is 44.7. The second kappa shape index (κ2) is 3.96. The summed E-state index contributed by atoms with van der Waals surface area (Å²) in [4.78, 5) is 11.7. The van der Waals surface area contributed by atoms with Crippen molar-refractivity contribution in [2.24, 2.45) is 23.2 Å². The van der Waals surface area contributed by atoms with Crippen molar-refractivity contribution in [2.45, 2.75) is 51.6 Å². The highest BCUT2D eigenvalue weighted by molar-refractivity contribution is 5.75. The summed E-state index contributed by atoms with van der Waals surface area (Å²) >= 11 is 0. The molecule has 0 aliphatic heterocycles. The van der Waals surface area contributed by atoms with Crippen molar-refractivity contribution in [2.75, 3.05) is 6.61 Å². The summed E-state index contributed by atoms with van der Waals surface area (Å²) in [6.45, 7) is 2.02. The first kappa shape index (κ1) is 11.5. The van der Waals surface area contributed by atoms with Gasteiger partial charge in [0.1, 0.15) is 0 Å². The molecule has 0 aromatic carbocycles. The van der Waals surface area contributed by atoms with Crippen LogP contribution in [0.5, 0.6) is 0 Å². The van der Waals surface area contributed by atoms with Gasteiger partial charge in [-0.2, -0.15) is 0 Å². The largest absolute Gasteiger partial charge is 0.464 e. The molecule has 4 saturated carbocycles. The lowest BCUT2D eigenvalue weighted by Crippen LogP contribution is -2.52. The summed E-state index contributed by atoms with van der Waals surface area (Å²) in [7, 11) is 0. The molecule has 1 unspecified atom stereocenters. The molecule has 4 aliphatic carbocycles. The zero-order chi connectivity index (χ0) is 12.0. The third-order valence-corrected chi connectivity index (χ3v) is 5.12. The fourth-order valence-electron chi connectivity index (χ4n) is 4.95. The van der Waals surface area contributed by atoms with Crippen LogP contribution in [-0.4, -0.2) is 18.7 Å². The maximum Gasteiger partial charge on any atom is 0.341 e. The molecule has 4 fully saturated rings. The van der Waals surface area contributed by atoms with Gasteiger partial charge in [0.05, 0.1) is 6.61 Å². The van der Waals surface area contributed by atoms with E-state index in [2.05, 4.69) is 0 Å². The third-order valence-electron chi connectivity index (χ3n) is 5.12. The molecule has 0 N–H and O–H groups in total. The highest BCUT2D eigenvalue weighted by atomic mass is 19.1. The van der Waals surface area contributed by atoms with Crippen LogP contribution in [0, 0.1) is 23.2 Å². The van der Waals surface area contributed by atoms with Crippen LogP contribution in [0.1, 0.15) is 45.4 Å². The summed E-state index contributed by atoms with van der Waals surface area (Å²) < 4.78 is 19.3. The second-order valence-corrected chi connectivity index (χ2v) is 6.39. The molecule has 0 spiro atoms.